The van der Waals surface area contributed by atoms with Crippen LogP contribution in [-0.2, 0) is 5.41 Å². The molecule has 2 aromatic carbocycles. The molecule has 0 bridgehead atoms. The van der Waals surface area contributed by atoms with E-state index < -0.39 is 0 Å². The van der Waals surface area contributed by atoms with E-state index in [-0.39, 0.29) is 5.41 Å². The topological polar surface area (TPSA) is 0 Å². The summed E-state index contributed by atoms with van der Waals surface area (Å²) in [6.45, 7) is 16.3. The number of aryl methyl sites for hydroxylation is 1. The van der Waals surface area contributed by atoms with Crippen molar-refractivity contribution in [2.45, 2.75) is 60.3 Å². The summed E-state index contributed by atoms with van der Waals surface area (Å²) in [6.07, 6.45) is 1.19. The number of fused-ring (bicyclic) bond motifs is 1. The van der Waals surface area contributed by atoms with Crippen LogP contribution in [0.5, 0.6) is 0 Å². The third-order valence-corrected chi connectivity index (χ3v) is 4.33. The molecule has 20 heavy (non-hydrogen) atoms. The highest BCUT2D eigenvalue weighted by Gasteiger charge is 2.29. The molecule has 0 heteroatoms. The maximum atomic E-state index is 2.41. The molecule has 2 rings (SSSR count). The average molecular weight is 268 g/mol. The monoisotopic (exact) mass is 268 g/mol. The zero-order chi connectivity index (χ0) is 15.1. The average Bonchev–Trinajstić information content (AvgIpc) is 2.30. The van der Waals surface area contributed by atoms with Crippen LogP contribution in [-0.4, -0.2) is 0 Å². The predicted octanol–water partition coefficient (Wildman–Crippen LogP) is 6.17. The van der Waals surface area contributed by atoms with Crippen molar-refractivity contribution in [3.63, 3.8) is 0 Å². The molecule has 0 atom stereocenters. The van der Waals surface area contributed by atoms with Crippen LogP contribution in [0, 0.1) is 19.3 Å². The smallest absolute Gasteiger partial charge is 0.00956 e. The first kappa shape index (κ1) is 15.1. The largest absolute Gasteiger partial charge is 0.0616 e. The summed E-state index contributed by atoms with van der Waals surface area (Å²) in [5.74, 6) is 0. The highest BCUT2D eigenvalue weighted by molar-refractivity contribution is 5.87. The Balaban J connectivity index is 2.63. The Morgan fingerprint density at radius 3 is 2.05 bits per heavy atom. The van der Waals surface area contributed by atoms with E-state index in [0.717, 1.165) is 0 Å². The van der Waals surface area contributed by atoms with E-state index in [4.69, 9.17) is 0 Å². The molecule has 0 saturated carbocycles. The van der Waals surface area contributed by atoms with Crippen LogP contribution in [0.4, 0.5) is 0 Å². The van der Waals surface area contributed by atoms with Crippen LogP contribution in [0.3, 0.4) is 0 Å². The lowest BCUT2D eigenvalue weighted by Crippen LogP contribution is -2.26. The van der Waals surface area contributed by atoms with Crippen LogP contribution in [0.2, 0.25) is 0 Å². The molecule has 0 aliphatic carbocycles. The Bertz CT molecular complexity index is 624. The van der Waals surface area contributed by atoms with Crippen molar-refractivity contribution in [3.05, 3.63) is 47.0 Å². The molecule has 0 aromatic heterocycles. The van der Waals surface area contributed by atoms with Crippen molar-refractivity contribution in [3.8, 4) is 0 Å². The van der Waals surface area contributed by atoms with Gasteiger partial charge in [0.25, 0.3) is 0 Å². The van der Waals surface area contributed by atoms with Crippen molar-refractivity contribution in [1.29, 1.82) is 0 Å². The fourth-order valence-electron chi connectivity index (χ4n) is 3.76. The second-order valence-electron chi connectivity index (χ2n) is 8.02. The Hall–Kier alpha value is -1.30. The van der Waals surface area contributed by atoms with Crippen molar-refractivity contribution in [2.24, 2.45) is 5.41 Å². The van der Waals surface area contributed by atoms with Gasteiger partial charge in [0.15, 0.2) is 0 Å². The Kier molecular flexibility index (Phi) is 3.71. The molecule has 0 spiro atoms. The van der Waals surface area contributed by atoms with Gasteiger partial charge in [-0.2, -0.15) is 0 Å². The molecule has 0 heterocycles. The third-order valence-electron chi connectivity index (χ3n) is 4.33. The number of benzene rings is 2. The van der Waals surface area contributed by atoms with Crippen molar-refractivity contribution in [1.82, 2.24) is 0 Å². The second kappa shape index (κ2) is 4.91. The third kappa shape index (κ3) is 2.90. The fourth-order valence-corrected chi connectivity index (χ4v) is 3.76. The normalized spacial score (nSPS) is 12.9. The minimum Gasteiger partial charge on any atom is -0.0616 e. The first-order valence-corrected chi connectivity index (χ1v) is 7.61. The molecule has 0 amide bonds. The molecule has 0 aliphatic heterocycles. The summed E-state index contributed by atoms with van der Waals surface area (Å²) in [5.41, 5.74) is 4.94. The number of rotatable bonds is 2. The van der Waals surface area contributed by atoms with Gasteiger partial charge in [-0.25, -0.2) is 0 Å². The van der Waals surface area contributed by atoms with E-state index in [0.29, 0.717) is 5.41 Å². The fraction of sp³-hybridized carbons (Fsp3) is 0.500. The standard InChI is InChI=1S/C20H28/c1-14-15(2)18(20(6,7)13-19(3,4)5)12-16-10-8-9-11-17(14)16/h8-12H,13H2,1-7H3. The van der Waals surface area contributed by atoms with Gasteiger partial charge in [0.1, 0.15) is 0 Å². The molecule has 0 saturated heterocycles. The molecule has 0 unspecified atom stereocenters. The minimum absolute atomic E-state index is 0.205. The van der Waals surface area contributed by atoms with E-state index in [2.05, 4.69) is 78.8 Å². The molecular weight excluding hydrogens is 240 g/mol. The molecular formula is C20H28. The Labute approximate surface area is 124 Å². The number of hydrogen-bond acceptors (Lipinski definition) is 0. The van der Waals surface area contributed by atoms with Crippen LogP contribution in [0.15, 0.2) is 30.3 Å². The highest BCUT2D eigenvalue weighted by Crippen LogP contribution is 2.40. The van der Waals surface area contributed by atoms with E-state index in [1.165, 1.54) is 33.9 Å². The molecule has 0 N–H and O–H groups in total. The summed E-state index contributed by atoms with van der Waals surface area (Å²) in [4.78, 5) is 0. The summed E-state index contributed by atoms with van der Waals surface area (Å²) < 4.78 is 0. The molecule has 0 nitrogen and oxygen atoms in total. The number of hydrogen-bond donors (Lipinski definition) is 0. The van der Waals surface area contributed by atoms with Crippen molar-refractivity contribution >= 4 is 10.8 Å². The lowest BCUT2D eigenvalue weighted by atomic mass is 9.70. The molecule has 108 valence electrons. The molecule has 0 radical (unpaired) electrons. The summed E-state index contributed by atoms with van der Waals surface area (Å²) in [6, 6.07) is 11.1. The zero-order valence-corrected chi connectivity index (χ0v) is 14.1. The van der Waals surface area contributed by atoms with Gasteiger partial charge in [0.2, 0.25) is 0 Å². The van der Waals surface area contributed by atoms with Crippen LogP contribution >= 0.6 is 0 Å². The highest BCUT2D eigenvalue weighted by atomic mass is 14.3. The van der Waals surface area contributed by atoms with Gasteiger partial charge < -0.3 is 0 Å². The summed E-state index contributed by atoms with van der Waals surface area (Å²) in [5, 5.41) is 2.76. The lowest BCUT2D eigenvalue weighted by molar-refractivity contribution is 0.283. The van der Waals surface area contributed by atoms with Gasteiger partial charge in [-0.05, 0) is 58.6 Å². The van der Waals surface area contributed by atoms with E-state index in [1.807, 2.05) is 0 Å². The van der Waals surface area contributed by atoms with Crippen molar-refractivity contribution < 1.29 is 0 Å². The maximum absolute atomic E-state index is 2.41. The van der Waals surface area contributed by atoms with Gasteiger partial charge in [0.05, 0.1) is 0 Å². The Morgan fingerprint density at radius 1 is 0.850 bits per heavy atom. The molecule has 0 aliphatic rings. The van der Waals surface area contributed by atoms with Gasteiger partial charge in [-0.3, -0.25) is 0 Å². The summed E-state index contributed by atoms with van der Waals surface area (Å²) in [7, 11) is 0. The van der Waals surface area contributed by atoms with Gasteiger partial charge in [0, 0.05) is 0 Å². The quantitative estimate of drug-likeness (QED) is 0.611. The van der Waals surface area contributed by atoms with E-state index in [1.54, 1.807) is 0 Å². The zero-order valence-electron chi connectivity index (χ0n) is 14.1. The second-order valence-corrected chi connectivity index (χ2v) is 8.02. The lowest BCUT2D eigenvalue weighted by Gasteiger charge is -2.35. The minimum atomic E-state index is 0.205. The predicted molar refractivity (Wildman–Crippen MR) is 90.5 cm³/mol. The van der Waals surface area contributed by atoms with Gasteiger partial charge in [-0.1, -0.05) is 65.0 Å². The van der Waals surface area contributed by atoms with Crippen LogP contribution in [0.1, 0.15) is 57.7 Å². The first-order valence-electron chi connectivity index (χ1n) is 7.61. The molecule has 0 fully saturated rings. The molecule has 2 aromatic rings. The Morgan fingerprint density at radius 2 is 1.45 bits per heavy atom. The maximum Gasteiger partial charge on any atom is -0.00956 e. The van der Waals surface area contributed by atoms with Gasteiger partial charge >= 0.3 is 0 Å². The van der Waals surface area contributed by atoms with Gasteiger partial charge in [-0.15, -0.1) is 0 Å². The van der Waals surface area contributed by atoms with E-state index >= 15 is 0 Å². The van der Waals surface area contributed by atoms with Crippen LogP contribution in [0.25, 0.3) is 10.8 Å². The van der Waals surface area contributed by atoms with E-state index in [9.17, 15) is 0 Å². The van der Waals surface area contributed by atoms with Crippen LogP contribution < -0.4 is 0 Å². The van der Waals surface area contributed by atoms with Crippen molar-refractivity contribution in [2.75, 3.05) is 0 Å². The summed E-state index contributed by atoms with van der Waals surface area (Å²) >= 11 is 0. The SMILES string of the molecule is Cc1c(C(C)(C)CC(C)(C)C)cc2ccccc2c1C. The first-order chi connectivity index (χ1) is 9.12.